The zero-order chi connectivity index (χ0) is 15.4. The van der Waals surface area contributed by atoms with E-state index in [1.807, 2.05) is 24.3 Å². The molecule has 2 heterocycles. The first kappa shape index (κ1) is 14.4. The number of carbonyl (C=O) groups excluding carboxylic acids is 1. The number of benzene rings is 1. The molecule has 5 heteroatoms. The lowest BCUT2D eigenvalue weighted by molar-refractivity contribution is 0.102. The van der Waals surface area contributed by atoms with Crippen LogP contribution in [0.5, 0.6) is 5.75 Å². The van der Waals surface area contributed by atoms with Crippen LogP contribution in [0.25, 0.3) is 0 Å². The van der Waals surface area contributed by atoms with Gasteiger partial charge in [-0.15, -0.1) is 0 Å². The van der Waals surface area contributed by atoms with Crippen LogP contribution in [0.2, 0.25) is 0 Å². The molecule has 3 rings (SSSR count). The maximum Gasteiger partial charge on any atom is 0.274 e. The van der Waals surface area contributed by atoms with Gasteiger partial charge in [0.15, 0.2) is 0 Å². The van der Waals surface area contributed by atoms with Gasteiger partial charge in [-0.3, -0.25) is 4.79 Å². The van der Waals surface area contributed by atoms with Crippen molar-refractivity contribution in [3.05, 3.63) is 48.2 Å². The number of pyridine rings is 1. The molecular weight excluding hydrogens is 278 g/mol. The van der Waals surface area contributed by atoms with Crippen molar-refractivity contribution in [1.82, 2.24) is 4.98 Å². The van der Waals surface area contributed by atoms with Crippen molar-refractivity contribution in [2.75, 3.05) is 30.4 Å². The molecule has 114 valence electrons. The van der Waals surface area contributed by atoms with Crippen LogP contribution in [0.1, 0.15) is 23.3 Å². The van der Waals surface area contributed by atoms with Crippen LogP contribution in [0.15, 0.2) is 42.5 Å². The van der Waals surface area contributed by atoms with Crippen LogP contribution in [-0.2, 0) is 0 Å². The van der Waals surface area contributed by atoms with Gasteiger partial charge in [0, 0.05) is 18.8 Å². The molecule has 0 saturated carbocycles. The van der Waals surface area contributed by atoms with Crippen LogP contribution in [0, 0.1) is 0 Å². The fraction of sp³-hybridized carbons (Fsp3) is 0.294. The van der Waals surface area contributed by atoms with E-state index in [-0.39, 0.29) is 5.91 Å². The summed E-state index contributed by atoms with van der Waals surface area (Å²) >= 11 is 0. The van der Waals surface area contributed by atoms with E-state index in [2.05, 4.69) is 15.2 Å². The van der Waals surface area contributed by atoms with Gasteiger partial charge in [0.25, 0.3) is 5.91 Å². The molecule has 0 aliphatic carbocycles. The molecule has 1 N–H and O–H groups in total. The van der Waals surface area contributed by atoms with E-state index in [1.165, 1.54) is 12.8 Å². The van der Waals surface area contributed by atoms with Gasteiger partial charge in [0.1, 0.15) is 17.3 Å². The van der Waals surface area contributed by atoms with Gasteiger partial charge >= 0.3 is 0 Å². The number of rotatable bonds is 4. The Morgan fingerprint density at radius 3 is 2.55 bits per heavy atom. The highest BCUT2D eigenvalue weighted by molar-refractivity contribution is 6.03. The fourth-order valence-electron chi connectivity index (χ4n) is 2.54. The Balaban J connectivity index is 1.72. The second kappa shape index (κ2) is 6.47. The van der Waals surface area contributed by atoms with Gasteiger partial charge in [-0.1, -0.05) is 6.07 Å². The summed E-state index contributed by atoms with van der Waals surface area (Å²) in [7, 11) is 1.61. The highest BCUT2D eigenvalue weighted by Gasteiger charge is 2.15. The number of anilines is 2. The largest absolute Gasteiger partial charge is 0.497 e. The van der Waals surface area contributed by atoms with Gasteiger partial charge < -0.3 is 15.0 Å². The summed E-state index contributed by atoms with van der Waals surface area (Å²) in [6.07, 6.45) is 2.37. The second-order valence-corrected chi connectivity index (χ2v) is 5.26. The quantitative estimate of drug-likeness (QED) is 0.942. The van der Waals surface area contributed by atoms with E-state index in [4.69, 9.17) is 4.74 Å². The third-order valence-electron chi connectivity index (χ3n) is 3.74. The Kier molecular flexibility index (Phi) is 4.23. The molecule has 1 saturated heterocycles. The number of hydrogen-bond donors (Lipinski definition) is 1. The molecular formula is C17H19N3O2. The Hall–Kier alpha value is -2.56. The van der Waals surface area contributed by atoms with Crippen LogP contribution in [0.4, 0.5) is 11.5 Å². The molecule has 1 aromatic carbocycles. The first-order valence-electron chi connectivity index (χ1n) is 7.44. The van der Waals surface area contributed by atoms with Crippen LogP contribution >= 0.6 is 0 Å². The smallest absolute Gasteiger partial charge is 0.274 e. The molecule has 1 aliphatic heterocycles. The van der Waals surface area contributed by atoms with Crippen LogP contribution < -0.4 is 15.0 Å². The highest BCUT2D eigenvalue weighted by Crippen LogP contribution is 2.19. The van der Waals surface area contributed by atoms with Crippen molar-refractivity contribution in [3.8, 4) is 5.75 Å². The minimum Gasteiger partial charge on any atom is -0.497 e. The van der Waals surface area contributed by atoms with Gasteiger partial charge in [0.2, 0.25) is 0 Å². The monoisotopic (exact) mass is 297 g/mol. The van der Waals surface area contributed by atoms with Crippen LogP contribution in [-0.4, -0.2) is 31.1 Å². The molecule has 0 atom stereocenters. The fourth-order valence-corrected chi connectivity index (χ4v) is 2.54. The lowest BCUT2D eigenvalue weighted by Crippen LogP contribution is -2.21. The number of ether oxygens (including phenoxy) is 1. The minimum atomic E-state index is -0.203. The SMILES string of the molecule is COc1ccc(NC(=O)c2cccc(N3CCCC3)n2)cc1. The first-order valence-corrected chi connectivity index (χ1v) is 7.44. The zero-order valence-electron chi connectivity index (χ0n) is 12.6. The van der Waals surface area contributed by atoms with E-state index in [1.54, 1.807) is 25.3 Å². The maximum absolute atomic E-state index is 12.3. The van der Waals surface area contributed by atoms with Crippen molar-refractivity contribution >= 4 is 17.4 Å². The third kappa shape index (κ3) is 3.19. The topological polar surface area (TPSA) is 54.5 Å². The molecule has 2 aromatic rings. The standard InChI is InChI=1S/C17H19N3O2/c1-22-14-9-7-13(8-10-14)18-17(21)15-5-4-6-16(19-15)20-11-2-3-12-20/h4-10H,2-3,11-12H2,1H3,(H,18,21). The Bertz CT molecular complexity index is 649. The lowest BCUT2D eigenvalue weighted by atomic mass is 10.2. The van der Waals surface area contributed by atoms with Gasteiger partial charge in [-0.05, 0) is 49.2 Å². The summed E-state index contributed by atoms with van der Waals surface area (Å²) in [5.74, 6) is 1.43. The molecule has 0 bridgehead atoms. The Labute approximate surface area is 129 Å². The molecule has 1 aromatic heterocycles. The second-order valence-electron chi connectivity index (χ2n) is 5.26. The average molecular weight is 297 g/mol. The van der Waals surface area contributed by atoms with Gasteiger partial charge in [-0.2, -0.15) is 0 Å². The van der Waals surface area contributed by atoms with E-state index in [0.29, 0.717) is 5.69 Å². The Morgan fingerprint density at radius 2 is 1.86 bits per heavy atom. The number of methoxy groups -OCH3 is 1. The van der Waals surface area contributed by atoms with E-state index < -0.39 is 0 Å². The molecule has 5 nitrogen and oxygen atoms in total. The summed E-state index contributed by atoms with van der Waals surface area (Å²) in [5.41, 5.74) is 1.15. The minimum absolute atomic E-state index is 0.203. The van der Waals surface area contributed by atoms with Crippen molar-refractivity contribution in [2.45, 2.75) is 12.8 Å². The predicted octanol–water partition coefficient (Wildman–Crippen LogP) is 2.94. The van der Waals surface area contributed by atoms with E-state index in [9.17, 15) is 4.79 Å². The maximum atomic E-state index is 12.3. The first-order chi connectivity index (χ1) is 10.8. The molecule has 22 heavy (non-hydrogen) atoms. The number of aromatic nitrogens is 1. The van der Waals surface area contributed by atoms with Crippen LogP contribution in [0.3, 0.4) is 0 Å². The molecule has 0 radical (unpaired) electrons. The molecule has 1 aliphatic rings. The van der Waals surface area contributed by atoms with E-state index in [0.717, 1.165) is 30.3 Å². The lowest BCUT2D eigenvalue weighted by Gasteiger charge is -2.16. The highest BCUT2D eigenvalue weighted by atomic mass is 16.5. The zero-order valence-corrected chi connectivity index (χ0v) is 12.6. The normalized spacial score (nSPS) is 14.0. The summed E-state index contributed by atoms with van der Waals surface area (Å²) < 4.78 is 5.10. The number of amides is 1. The summed E-state index contributed by atoms with van der Waals surface area (Å²) in [6, 6.07) is 12.8. The number of hydrogen-bond acceptors (Lipinski definition) is 4. The molecule has 0 spiro atoms. The summed E-state index contributed by atoms with van der Waals surface area (Å²) in [6.45, 7) is 2.02. The summed E-state index contributed by atoms with van der Waals surface area (Å²) in [4.78, 5) is 19.0. The summed E-state index contributed by atoms with van der Waals surface area (Å²) in [5, 5.41) is 2.85. The third-order valence-corrected chi connectivity index (χ3v) is 3.74. The van der Waals surface area contributed by atoms with Crippen molar-refractivity contribution in [1.29, 1.82) is 0 Å². The molecule has 1 amide bonds. The molecule has 1 fully saturated rings. The Morgan fingerprint density at radius 1 is 1.14 bits per heavy atom. The predicted molar refractivity (Wildman–Crippen MR) is 86.6 cm³/mol. The average Bonchev–Trinajstić information content (AvgIpc) is 3.10. The van der Waals surface area contributed by atoms with Crippen molar-refractivity contribution < 1.29 is 9.53 Å². The van der Waals surface area contributed by atoms with Gasteiger partial charge in [0.05, 0.1) is 7.11 Å². The van der Waals surface area contributed by atoms with E-state index >= 15 is 0 Å². The number of nitrogens with one attached hydrogen (secondary N) is 1. The van der Waals surface area contributed by atoms with Crippen molar-refractivity contribution in [2.24, 2.45) is 0 Å². The number of nitrogens with zero attached hydrogens (tertiary/aromatic N) is 2. The van der Waals surface area contributed by atoms with Crippen molar-refractivity contribution in [3.63, 3.8) is 0 Å². The molecule has 0 unspecified atom stereocenters. The van der Waals surface area contributed by atoms with Gasteiger partial charge in [-0.25, -0.2) is 4.98 Å². The number of carbonyl (C=O) groups is 1.